The van der Waals surface area contributed by atoms with Crippen molar-refractivity contribution in [1.82, 2.24) is 19.2 Å². The Morgan fingerprint density at radius 3 is 2.89 bits per heavy atom. The Bertz CT molecular complexity index is 940. The van der Waals surface area contributed by atoms with E-state index in [2.05, 4.69) is 20.0 Å². The maximum absolute atomic E-state index is 12.1. The van der Waals surface area contributed by atoms with Crippen molar-refractivity contribution in [2.45, 2.75) is 19.6 Å². The molecule has 0 aromatic carbocycles. The lowest BCUT2D eigenvalue weighted by Gasteiger charge is -2.08. The fraction of sp³-hybridized carbons (Fsp3) is 0.250. The number of carbonyl (C=O) groups is 2. The van der Waals surface area contributed by atoms with Crippen LogP contribution in [0.25, 0.3) is 0 Å². The molecule has 0 radical (unpaired) electrons. The van der Waals surface area contributed by atoms with Gasteiger partial charge in [0.15, 0.2) is 0 Å². The fourth-order valence-electron chi connectivity index (χ4n) is 2.28. The molecule has 0 aliphatic carbocycles. The molecule has 0 aliphatic rings. The molecule has 9 nitrogen and oxygen atoms in total. The first-order valence-corrected chi connectivity index (χ1v) is 10.2. The summed E-state index contributed by atoms with van der Waals surface area (Å²) in [5, 5.41) is 5.55. The highest BCUT2D eigenvalue weighted by molar-refractivity contribution is 7.16. The molecule has 4 N–H and O–H groups in total. The van der Waals surface area contributed by atoms with Gasteiger partial charge in [-0.3, -0.25) is 10.1 Å². The predicted octanol–water partition coefficient (Wildman–Crippen LogP) is 2.94. The van der Waals surface area contributed by atoms with Crippen LogP contribution in [-0.2, 0) is 13.2 Å². The first-order valence-electron chi connectivity index (χ1n) is 8.20. The van der Waals surface area contributed by atoms with E-state index in [-0.39, 0.29) is 23.1 Å². The van der Waals surface area contributed by atoms with Crippen LogP contribution in [0.3, 0.4) is 0 Å². The minimum Gasteiger partial charge on any atom is -0.471 e. The Morgan fingerprint density at radius 2 is 2.21 bits per heavy atom. The molecule has 148 valence electrons. The van der Waals surface area contributed by atoms with E-state index in [1.165, 1.54) is 11.3 Å². The number of aromatic nitrogens is 3. The molecule has 3 rings (SSSR count). The maximum Gasteiger partial charge on any atom is 0.319 e. The fourth-order valence-corrected chi connectivity index (χ4v) is 4.01. The van der Waals surface area contributed by atoms with E-state index < -0.39 is 11.9 Å². The minimum atomic E-state index is -0.733. The van der Waals surface area contributed by atoms with E-state index in [1.807, 2.05) is 16.8 Å². The number of thiophene rings is 1. The molecule has 0 unspecified atom stereocenters. The molecule has 0 saturated heterocycles. The van der Waals surface area contributed by atoms with Gasteiger partial charge < -0.3 is 20.4 Å². The van der Waals surface area contributed by atoms with Crippen LogP contribution < -0.4 is 21.1 Å². The van der Waals surface area contributed by atoms with Gasteiger partial charge in [-0.05, 0) is 30.1 Å². The number of hydrogen-bond donors (Lipinski definition) is 3. The number of primary amides is 1. The smallest absolute Gasteiger partial charge is 0.319 e. The van der Waals surface area contributed by atoms with Gasteiger partial charge in [0.2, 0.25) is 5.88 Å². The summed E-state index contributed by atoms with van der Waals surface area (Å²) in [6, 6.07) is 3.12. The van der Waals surface area contributed by atoms with Crippen molar-refractivity contribution in [3.63, 3.8) is 0 Å². The summed E-state index contributed by atoms with van der Waals surface area (Å²) in [5.41, 5.74) is 5.48. The molecule has 3 amide bonds. The lowest BCUT2D eigenvalue weighted by molar-refractivity contribution is 0.0997. The zero-order valence-corrected chi connectivity index (χ0v) is 16.9. The summed E-state index contributed by atoms with van der Waals surface area (Å²) >= 11 is 8.17. The summed E-state index contributed by atoms with van der Waals surface area (Å²) in [4.78, 5) is 28.7. The number of nitrogens with two attached hydrogens (primary N) is 1. The van der Waals surface area contributed by atoms with Crippen LogP contribution in [0, 0.1) is 0 Å². The van der Waals surface area contributed by atoms with E-state index in [4.69, 9.17) is 22.1 Å². The largest absolute Gasteiger partial charge is 0.471 e. The third-order valence-electron chi connectivity index (χ3n) is 3.55. The number of imidazole rings is 1. The summed E-state index contributed by atoms with van der Waals surface area (Å²) in [6.07, 6.45) is 5.99. The summed E-state index contributed by atoms with van der Waals surface area (Å²) in [6.45, 7) is 1.39. The quantitative estimate of drug-likeness (QED) is 0.441. The number of ether oxygens (including phenoxy) is 1. The number of aryl methyl sites for hydroxylation is 1. The van der Waals surface area contributed by atoms with Gasteiger partial charge in [-0.15, -0.1) is 11.3 Å². The van der Waals surface area contributed by atoms with Gasteiger partial charge in [0.05, 0.1) is 10.7 Å². The third kappa shape index (κ3) is 5.44. The van der Waals surface area contributed by atoms with Gasteiger partial charge >= 0.3 is 6.03 Å². The standard InChI is InChI=1S/C16H17ClN6O3S2/c17-11-3-2-10(27-11)8-26-14-12(13(18)24)15(28-22-14)21-16(25)20-4-1-6-23-7-5-19-9-23/h2-3,5,7,9H,1,4,6,8H2,(H2,18,24)(H2,20,21,25). The highest BCUT2D eigenvalue weighted by Crippen LogP contribution is 2.31. The second-order valence-electron chi connectivity index (χ2n) is 5.59. The Morgan fingerprint density at radius 1 is 1.36 bits per heavy atom. The lowest BCUT2D eigenvalue weighted by Crippen LogP contribution is -2.30. The average molecular weight is 441 g/mol. The number of rotatable bonds is 9. The summed E-state index contributed by atoms with van der Waals surface area (Å²) in [7, 11) is 0. The first kappa shape index (κ1) is 20.1. The van der Waals surface area contributed by atoms with Gasteiger partial charge in [-0.2, -0.15) is 4.37 Å². The van der Waals surface area contributed by atoms with Crippen molar-refractivity contribution in [2.75, 3.05) is 11.9 Å². The van der Waals surface area contributed by atoms with E-state index in [0.717, 1.165) is 29.4 Å². The summed E-state index contributed by atoms with van der Waals surface area (Å²) < 4.78 is 12.2. The van der Waals surface area contributed by atoms with Crippen LogP contribution in [0.2, 0.25) is 4.34 Å². The zero-order chi connectivity index (χ0) is 19.9. The molecule has 0 bridgehead atoms. The van der Waals surface area contributed by atoms with Crippen LogP contribution >= 0.6 is 34.5 Å². The number of anilines is 1. The number of halogens is 1. The number of nitrogens with zero attached hydrogens (tertiary/aromatic N) is 3. The zero-order valence-electron chi connectivity index (χ0n) is 14.6. The highest BCUT2D eigenvalue weighted by Gasteiger charge is 2.22. The third-order valence-corrected chi connectivity index (χ3v) is 5.50. The number of carbonyl (C=O) groups excluding carboxylic acids is 2. The van der Waals surface area contributed by atoms with Crippen molar-refractivity contribution >= 4 is 51.4 Å². The monoisotopic (exact) mass is 440 g/mol. The van der Waals surface area contributed by atoms with Crippen LogP contribution in [-0.4, -0.2) is 32.4 Å². The number of urea groups is 1. The van der Waals surface area contributed by atoms with Gasteiger partial charge in [0.1, 0.15) is 17.2 Å². The van der Waals surface area contributed by atoms with E-state index in [9.17, 15) is 9.59 Å². The van der Waals surface area contributed by atoms with Crippen molar-refractivity contribution < 1.29 is 14.3 Å². The van der Waals surface area contributed by atoms with Crippen molar-refractivity contribution in [3.05, 3.63) is 45.6 Å². The van der Waals surface area contributed by atoms with Crippen LogP contribution in [0.15, 0.2) is 30.9 Å². The molecule has 3 heterocycles. The molecule has 3 aromatic heterocycles. The average Bonchev–Trinajstić information content (AvgIpc) is 3.38. The SMILES string of the molecule is NC(=O)c1c(OCc2ccc(Cl)s2)nsc1NC(=O)NCCCn1ccnc1. The van der Waals surface area contributed by atoms with Crippen molar-refractivity contribution in [1.29, 1.82) is 0 Å². The molecule has 12 heteroatoms. The Hall–Kier alpha value is -2.63. The molecule has 0 fully saturated rings. The normalized spacial score (nSPS) is 10.6. The van der Waals surface area contributed by atoms with E-state index in [1.54, 1.807) is 18.6 Å². The summed E-state index contributed by atoms with van der Waals surface area (Å²) in [5.74, 6) is -0.652. The lowest BCUT2D eigenvalue weighted by atomic mass is 10.3. The molecule has 0 atom stereocenters. The second-order valence-corrected chi connectivity index (χ2v) is 8.16. The van der Waals surface area contributed by atoms with Crippen LogP contribution in [0.5, 0.6) is 5.88 Å². The van der Waals surface area contributed by atoms with Gasteiger partial charge in [0, 0.05) is 30.4 Å². The van der Waals surface area contributed by atoms with Gasteiger partial charge in [-0.25, -0.2) is 9.78 Å². The molecular weight excluding hydrogens is 424 g/mol. The van der Waals surface area contributed by atoms with Crippen molar-refractivity contribution in [3.8, 4) is 5.88 Å². The first-order chi connectivity index (χ1) is 13.5. The van der Waals surface area contributed by atoms with Gasteiger partial charge in [0.25, 0.3) is 5.91 Å². The number of hydrogen-bond acceptors (Lipinski definition) is 7. The number of amides is 3. The van der Waals surface area contributed by atoms with Gasteiger partial charge in [-0.1, -0.05) is 11.6 Å². The maximum atomic E-state index is 12.1. The predicted molar refractivity (Wildman–Crippen MR) is 108 cm³/mol. The molecular formula is C16H17ClN6O3S2. The molecule has 3 aromatic rings. The molecule has 0 saturated carbocycles. The minimum absolute atomic E-state index is 0.0428. The van der Waals surface area contributed by atoms with Crippen molar-refractivity contribution in [2.24, 2.45) is 5.73 Å². The second kappa shape index (κ2) is 9.53. The Kier molecular flexibility index (Phi) is 6.85. The molecule has 0 spiro atoms. The van der Waals surface area contributed by atoms with Crippen LogP contribution in [0.1, 0.15) is 21.7 Å². The van der Waals surface area contributed by atoms with E-state index >= 15 is 0 Å². The highest BCUT2D eigenvalue weighted by atomic mass is 35.5. The van der Waals surface area contributed by atoms with Crippen LogP contribution in [0.4, 0.5) is 9.80 Å². The Balaban J connectivity index is 1.53. The molecule has 28 heavy (non-hydrogen) atoms. The van der Waals surface area contributed by atoms with E-state index in [0.29, 0.717) is 10.9 Å². The Labute approximate surface area is 173 Å². The topological polar surface area (TPSA) is 124 Å². The number of nitrogens with one attached hydrogen (secondary N) is 2. The molecule has 0 aliphatic heterocycles.